The molecule has 0 N–H and O–H groups in total. The van der Waals surface area contributed by atoms with E-state index in [1.54, 1.807) is 22.7 Å². The Kier molecular flexibility index (Phi) is 3.89. The van der Waals surface area contributed by atoms with Gasteiger partial charge < -0.3 is 4.90 Å². The number of piperidine rings is 1. The Labute approximate surface area is 127 Å². The van der Waals surface area contributed by atoms with Crippen LogP contribution >= 0.6 is 22.7 Å². The third kappa shape index (κ3) is 2.65. The van der Waals surface area contributed by atoms with Crippen LogP contribution in [0.2, 0.25) is 0 Å². The summed E-state index contributed by atoms with van der Waals surface area (Å²) in [6.07, 6.45) is 2.06. The first kappa shape index (κ1) is 13.8. The normalized spacial score (nSPS) is 16.6. The number of carbonyl (C=O) groups excluding carboxylic acids is 1. The zero-order valence-corrected chi connectivity index (χ0v) is 13.4. The van der Waals surface area contributed by atoms with Gasteiger partial charge in [-0.25, -0.2) is 4.98 Å². The molecule has 1 amide bonds. The van der Waals surface area contributed by atoms with E-state index in [4.69, 9.17) is 0 Å². The van der Waals surface area contributed by atoms with Crippen LogP contribution in [0, 0.1) is 13.8 Å². The first-order chi connectivity index (χ1) is 9.65. The van der Waals surface area contributed by atoms with Gasteiger partial charge in [0.2, 0.25) is 0 Å². The molecule has 0 atom stereocenters. The quantitative estimate of drug-likeness (QED) is 0.844. The predicted molar refractivity (Wildman–Crippen MR) is 83.8 cm³/mol. The van der Waals surface area contributed by atoms with E-state index in [-0.39, 0.29) is 5.91 Å². The SMILES string of the molecule is Cc1csc(C2CCN(C(=O)c3sccc3C)CC2)n1. The van der Waals surface area contributed by atoms with Crippen LogP contribution in [-0.4, -0.2) is 28.9 Å². The maximum atomic E-state index is 12.5. The Hall–Kier alpha value is -1.20. The molecule has 3 rings (SSSR count). The van der Waals surface area contributed by atoms with Gasteiger partial charge in [-0.2, -0.15) is 0 Å². The van der Waals surface area contributed by atoms with E-state index in [1.165, 1.54) is 5.01 Å². The highest BCUT2D eigenvalue weighted by Gasteiger charge is 2.27. The van der Waals surface area contributed by atoms with E-state index < -0.39 is 0 Å². The zero-order valence-electron chi connectivity index (χ0n) is 11.8. The van der Waals surface area contributed by atoms with E-state index in [0.29, 0.717) is 5.92 Å². The van der Waals surface area contributed by atoms with Crippen LogP contribution < -0.4 is 0 Å². The topological polar surface area (TPSA) is 33.2 Å². The van der Waals surface area contributed by atoms with Crippen LogP contribution in [0.3, 0.4) is 0 Å². The molecule has 0 bridgehead atoms. The van der Waals surface area contributed by atoms with Gasteiger partial charge in [0.05, 0.1) is 9.88 Å². The van der Waals surface area contributed by atoms with Crippen LogP contribution in [-0.2, 0) is 0 Å². The predicted octanol–water partition coefficient (Wildman–Crippen LogP) is 3.84. The van der Waals surface area contributed by atoms with Crippen LogP contribution in [0.5, 0.6) is 0 Å². The maximum Gasteiger partial charge on any atom is 0.264 e. The Bertz CT molecular complexity index is 609. The average molecular weight is 306 g/mol. The second-order valence-corrected chi connectivity index (χ2v) is 7.13. The summed E-state index contributed by atoms with van der Waals surface area (Å²) in [6, 6.07) is 2.02. The van der Waals surface area contributed by atoms with E-state index in [0.717, 1.165) is 42.1 Å². The number of thiophene rings is 1. The lowest BCUT2D eigenvalue weighted by Gasteiger charge is -2.31. The number of thiazole rings is 1. The first-order valence-corrected chi connectivity index (χ1v) is 8.66. The van der Waals surface area contributed by atoms with Crippen molar-refractivity contribution in [2.24, 2.45) is 0 Å². The lowest BCUT2D eigenvalue weighted by atomic mass is 9.97. The van der Waals surface area contributed by atoms with E-state index in [1.807, 2.05) is 30.2 Å². The fraction of sp³-hybridized carbons (Fsp3) is 0.467. The summed E-state index contributed by atoms with van der Waals surface area (Å²) in [5.74, 6) is 0.730. The van der Waals surface area contributed by atoms with Crippen LogP contribution in [0.1, 0.15) is 44.7 Å². The van der Waals surface area contributed by atoms with E-state index >= 15 is 0 Å². The number of hydrogen-bond donors (Lipinski definition) is 0. The molecule has 3 heterocycles. The smallest absolute Gasteiger partial charge is 0.264 e. The summed E-state index contributed by atoms with van der Waals surface area (Å²) >= 11 is 3.30. The highest BCUT2D eigenvalue weighted by molar-refractivity contribution is 7.12. The Morgan fingerprint density at radius 1 is 1.30 bits per heavy atom. The molecule has 0 radical (unpaired) electrons. The van der Waals surface area contributed by atoms with Crippen molar-refractivity contribution in [3.8, 4) is 0 Å². The van der Waals surface area contributed by atoms with Crippen molar-refractivity contribution in [2.75, 3.05) is 13.1 Å². The van der Waals surface area contributed by atoms with Crippen molar-refractivity contribution in [1.82, 2.24) is 9.88 Å². The molecular formula is C15H18N2OS2. The molecule has 1 aliphatic heterocycles. The van der Waals surface area contributed by atoms with Crippen molar-refractivity contribution < 1.29 is 4.79 Å². The zero-order chi connectivity index (χ0) is 14.1. The molecule has 1 fully saturated rings. The molecule has 1 saturated heterocycles. The summed E-state index contributed by atoms with van der Waals surface area (Å²) in [5, 5.41) is 5.34. The summed E-state index contributed by atoms with van der Waals surface area (Å²) < 4.78 is 0. The van der Waals surface area contributed by atoms with Crippen molar-refractivity contribution in [3.63, 3.8) is 0 Å². The van der Waals surface area contributed by atoms with Crippen LogP contribution in [0.4, 0.5) is 0 Å². The van der Waals surface area contributed by atoms with Gasteiger partial charge in [-0.05, 0) is 43.7 Å². The third-order valence-corrected chi connectivity index (χ3v) is 5.95. The van der Waals surface area contributed by atoms with Crippen LogP contribution in [0.25, 0.3) is 0 Å². The van der Waals surface area contributed by atoms with Crippen molar-refractivity contribution in [1.29, 1.82) is 0 Å². The average Bonchev–Trinajstić information content (AvgIpc) is 3.07. The molecule has 1 aliphatic rings. The molecule has 20 heavy (non-hydrogen) atoms. The molecule has 2 aromatic rings. The molecule has 0 spiro atoms. The minimum Gasteiger partial charge on any atom is -0.338 e. The molecule has 3 nitrogen and oxygen atoms in total. The molecule has 5 heteroatoms. The van der Waals surface area contributed by atoms with Gasteiger partial charge in [0.15, 0.2) is 0 Å². The highest BCUT2D eigenvalue weighted by Crippen LogP contribution is 2.31. The fourth-order valence-electron chi connectivity index (χ4n) is 2.62. The number of aryl methyl sites for hydroxylation is 2. The molecule has 0 aliphatic carbocycles. The van der Waals surface area contributed by atoms with Gasteiger partial charge in [0, 0.05) is 30.1 Å². The second-order valence-electron chi connectivity index (χ2n) is 5.33. The lowest BCUT2D eigenvalue weighted by Crippen LogP contribution is -2.37. The standard InChI is InChI=1S/C15H18N2OS2/c1-10-5-8-19-13(10)15(18)17-6-3-12(4-7-17)14-16-11(2)9-20-14/h5,8-9,12H,3-4,6-7H2,1-2H3. The minimum atomic E-state index is 0.200. The molecule has 106 valence electrons. The molecule has 0 saturated carbocycles. The monoisotopic (exact) mass is 306 g/mol. The second kappa shape index (κ2) is 5.66. The number of nitrogens with zero attached hydrogens (tertiary/aromatic N) is 2. The van der Waals surface area contributed by atoms with Gasteiger partial charge in [-0.1, -0.05) is 0 Å². The Morgan fingerprint density at radius 2 is 2.05 bits per heavy atom. The van der Waals surface area contributed by atoms with Crippen molar-refractivity contribution in [2.45, 2.75) is 32.6 Å². The van der Waals surface area contributed by atoms with Crippen LogP contribution in [0.15, 0.2) is 16.8 Å². The largest absolute Gasteiger partial charge is 0.338 e. The van der Waals surface area contributed by atoms with Gasteiger partial charge in [0.25, 0.3) is 5.91 Å². The number of aromatic nitrogens is 1. The third-order valence-electron chi connectivity index (χ3n) is 3.82. The number of carbonyl (C=O) groups is 1. The Balaban J connectivity index is 1.64. The summed E-state index contributed by atoms with van der Waals surface area (Å²) in [6.45, 7) is 5.74. The molecule has 0 aromatic carbocycles. The number of likely N-dealkylation sites (tertiary alicyclic amines) is 1. The summed E-state index contributed by atoms with van der Waals surface area (Å²) in [5.41, 5.74) is 2.20. The number of rotatable bonds is 2. The number of hydrogen-bond acceptors (Lipinski definition) is 4. The molecular weight excluding hydrogens is 288 g/mol. The van der Waals surface area contributed by atoms with Gasteiger partial charge in [-0.15, -0.1) is 22.7 Å². The van der Waals surface area contributed by atoms with Crippen molar-refractivity contribution >= 4 is 28.6 Å². The van der Waals surface area contributed by atoms with Gasteiger partial charge in [0.1, 0.15) is 0 Å². The maximum absolute atomic E-state index is 12.5. The molecule has 2 aromatic heterocycles. The number of amides is 1. The fourth-order valence-corrected chi connectivity index (χ4v) is 4.49. The summed E-state index contributed by atoms with van der Waals surface area (Å²) in [7, 11) is 0. The lowest BCUT2D eigenvalue weighted by molar-refractivity contribution is 0.0717. The minimum absolute atomic E-state index is 0.200. The van der Waals surface area contributed by atoms with E-state index in [9.17, 15) is 4.79 Å². The molecule has 0 unspecified atom stereocenters. The van der Waals surface area contributed by atoms with E-state index in [2.05, 4.69) is 10.4 Å². The first-order valence-electron chi connectivity index (χ1n) is 6.90. The van der Waals surface area contributed by atoms with Gasteiger partial charge in [-0.3, -0.25) is 4.79 Å². The Morgan fingerprint density at radius 3 is 2.60 bits per heavy atom. The van der Waals surface area contributed by atoms with Gasteiger partial charge >= 0.3 is 0 Å². The highest BCUT2D eigenvalue weighted by atomic mass is 32.1. The van der Waals surface area contributed by atoms with Crippen molar-refractivity contribution in [3.05, 3.63) is 38.0 Å². The summed E-state index contributed by atoms with van der Waals surface area (Å²) in [4.78, 5) is 19.9.